The number of unbranched alkanes of at least 4 members (excludes halogenated alkanes) is 1. The molecule has 37 heavy (non-hydrogen) atoms. The van der Waals surface area contributed by atoms with E-state index < -0.39 is 11.9 Å². The van der Waals surface area contributed by atoms with E-state index in [1.165, 1.54) is 0 Å². The molecule has 0 saturated carbocycles. The van der Waals surface area contributed by atoms with Crippen molar-refractivity contribution in [3.05, 3.63) is 23.8 Å². The van der Waals surface area contributed by atoms with Crippen LogP contribution in [0.5, 0.6) is 11.5 Å². The van der Waals surface area contributed by atoms with Gasteiger partial charge in [0.2, 0.25) is 18.6 Å². The van der Waals surface area contributed by atoms with Gasteiger partial charge in [-0.05, 0) is 43.4 Å². The number of carbonyl (C=O) groups excluding carboxylic acids is 2. The Kier molecular flexibility index (Phi) is 9.26. The monoisotopic (exact) mass is 516 g/mol. The molecule has 0 aromatic heterocycles. The zero-order chi connectivity index (χ0) is 26.4. The Morgan fingerprint density at radius 3 is 2.73 bits per heavy atom. The summed E-state index contributed by atoms with van der Waals surface area (Å²) in [6, 6.07) is 5.20. The number of likely N-dealkylation sites (tertiary alicyclic amines) is 2. The van der Waals surface area contributed by atoms with E-state index in [0.29, 0.717) is 63.6 Å². The fourth-order valence-corrected chi connectivity index (χ4v) is 5.86. The summed E-state index contributed by atoms with van der Waals surface area (Å²) in [5, 5.41) is 10.4. The first-order chi connectivity index (χ1) is 17.9. The lowest BCUT2D eigenvalue weighted by Gasteiger charge is -2.32. The summed E-state index contributed by atoms with van der Waals surface area (Å²) in [6.07, 6.45) is 4.77. The minimum absolute atomic E-state index is 0.0339. The fraction of sp³-hybridized carbons (Fsp3) is 0.667. The van der Waals surface area contributed by atoms with Crippen molar-refractivity contribution < 1.29 is 29.0 Å². The maximum atomic E-state index is 13.4. The lowest BCUT2D eigenvalue weighted by Crippen LogP contribution is -2.47. The Morgan fingerprint density at radius 1 is 1.19 bits per heavy atom. The number of nitrogens with two attached hydrogens (primary N) is 1. The predicted octanol–water partition coefficient (Wildman–Crippen LogP) is 1.87. The van der Waals surface area contributed by atoms with Crippen molar-refractivity contribution in [2.45, 2.75) is 57.4 Å². The number of carboxylic acids is 1. The van der Waals surface area contributed by atoms with Crippen LogP contribution in [0.25, 0.3) is 0 Å². The number of rotatable bonds is 12. The molecule has 3 aliphatic rings. The number of benzene rings is 1. The average molecular weight is 517 g/mol. The molecule has 0 spiro atoms. The van der Waals surface area contributed by atoms with E-state index in [4.69, 9.17) is 15.2 Å². The molecule has 2 amide bonds. The number of ether oxygens (including phenoxy) is 2. The summed E-state index contributed by atoms with van der Waals surface area (Å²) in [4.78, 5) is 44.1. The Labute approximate surface area is 218 Å². The van der Waals surface area contributed by atoms with Crippen LogP contribution in [-0.4, -0.2) is 96.2 Å². The number of hydrogen-bond donors (Lipinski definition) is 2. The molecule has 4 rings (SSSR count). The number of aliphatic carboxylic acids is 1. The first-order valence-corrected chi connectivity index (χ1v) is 13.5. The van der Waals surface area contributed by atoms with E-state index in [1.54, 1.807) is 4.90 Å². The van der Waals surface area contributed by atoms with Crippen LogP contribution in [-0.2, 0) is 14.4 Å². The van der Waals surface area contributed by atoms with Gasteiger partial charge in [0.05, 0.1) is 12.5 Å². The summed E-state index contributed by atoms with van der Waals surface area (Å²) in [6.45, 7) is 5.49. The van der Waals surface area contributed by atoms with Gasteiger partial charge in [-0.1, -0.05) is 19.4 Å². The second kappa shape index (κ2) is 12.6. The molecule has 0 radical (unpaired) electrons. The molecule has 10 heteroatoms. The van der Waals surface area contributed by atoms with Crippen LogP contribution in [0.2, 0.25) is 0 Å². The molecule has 2 saturated heterocycles. The number of amides is 2. The molecule has 0 bridgehead atoms. The molecule has 3 N–H and O–H groups in total. The Morgan fingerprint density at radius 2 is 2.00 bits per heavy atom. The standard InChI is InChI=1S/C27H40N4O6/c1-2-3-11-30(14-10-28)25(33)17-31-16-20(19-7-8-22-23(15-19)37-18-36-22)26(27(34)35)21(31)9-13-29-12-5-4-6-24(29)32/h7-8,15,20-21,26H,2-6,9-14,16-18,28H2,1H3,(H,34,35)/t20-,21+,26?/m1/s1. The largest absolute Gasteiger partial charge is 0.481 e. The van der Waals surface area contributed by atoms with Crippen molar-refractivity contribution in [1.82, 2.24) is 14.7 Å². The number of carboxylic acid groups (broad SMARTS) is 1. The first-order valence-electron chi connectivity index (χ1n) is 13.5. The summed E-state index contributed by atoms with van der Waals surface area (Å²) >= 11 is 0. The van der Waals surface area contributed by atoms with Gasteiger partial charge in [0.1, 0.15) is 0 Å². The second-order valence-electron chi connectivity index (χ2n) is 10.2. The zero-order valence-electron chi connectivity index (χ0n) is 21.8. The van der Waals surface area contributed by atoms with Gasteiger partial charge in [-0.2, -0.15) is 0 Å². The Hall–Kier alpha value is -2.85. The molecule has 10 nitrogen and oxygen atoms in total. The van der Waals surface area contributed by atoms with Gasteiger partial charge in [0.15, 0.2) is 11.5 Å². The third-order valence-corrected chi connectivity index (χ3v) is 7.85. The quantitative estimate of drug-likeness (QED) is 0.431. The van der Waals surface area contributed by atoms with Crippen LogP contribution >= 0.6 is 0 Å². The SMILES string of the molecule is CCCCN(CCN)C(=O)CN1C[C@H](c2ccc3c(c2)OCO3)C(C(=O)O)[C@@H]1CCN1CCCCC1=O. The average Bonchev–Trinajstić information content (AvgIpc) is 3.50. The first kappa shape index (κ1) is 27.2. The lowest BCUT2D eigenvalue weighted by atomic mass is 9.84. The lowest BCUT2D eigenvalue weighted by molar-refractivity contribution is -0.144. The van der Waals surface area contributed by atoms with Gasteiger partial charge in [-0.15, -0.1) is 0 Å². The molecule has 1 unspecified atom stereocenters. The van der Waals surface area contributed by atoms with Crippen LogP contribution in [0.3, 0.4) is 0 Å². The second-order valence-corrected chi connectivity index (χ2v) is 10.2. The molecule has 204 valence electrons. The zero-order valence-corrected chi connectivity index (χ0v) is 21.8. The molecule has 1 aromatic carbocycles. The van der Waals surface area contributed by atoms with Crippen LogP contribution in [0.1, 0.15) is 56.9 Å². The third kappa shape index (κ3) is 6.35. The van der Waals surface area contributed by atoms with E-state index in [2.05, 4.69) is 6.92 Å². The van der Waals surface area contributed by atoms with E-state index >= 15 is 0 Å². The molecule has 2 fully saturated rings. The summed E-state index contributed by atoms with van der Waals surface area (Å²) in [5.41, 5.74) is 6.63. The highest BCUT2D eigenvalue weighted by Gasteiger charge is 2.47. The van der Waals surface area contributed by atoms with Crippen molar-refractivity contribution in [1.29, 1.82) is 0 Å². The maximum absolute atomic E-state index is 13.4. The highest BCUT2D eigenvalue weighted by molar-refractivity contribution is 5.79. The van der Waals surface area contributed by atoms with E-state index in [0.717, 1.165) is 31.2 Å². The minimum Gasteiger partial charge on any atom is -0.481 e. The highest BCUT2D eigenvalue weighted by atomic mass is 16.7. The van der Waals surface area contributed by atoms with Gasteiger partial charge >= 0.3 is 5.97 Å². The summed E-state index contributed by atoms with van der Waals surface area (Å²) in [5.74, 6) is -0.577. The van der Waals surface area contributed by atoms with E-state index in [-0.39, 0.29) is 37.1 Å². The van der Waals surface area contributed by atoms with Crippen LogP contribution < -0.4 is 15.2 Å². The summed E-state index contributed by atoms with van der Waals surface area (Å²) < 4.78 is 11.0. The molecule has 3 aliphatic heterocycles. The van der Waals surface area contributed by atoms with Crippen LogP contribution in [0, 0.1) is 5.92 Å². The number of fused-ring (bicyclic) bond motifs is 1. The smallest absolute Gasteiger partial charge is 0.308 e. The molecule has 1 aromatic rings. The number of piperidine rings is 1. The fourth-order valence-electron chi connectivity index (χ4n) is 5.86. The van der Waals surface area contributed by atoms with Crippen molar-refractivity contribution in [2.75, 3.05) is 52.6 Å². The van der Waals surface area contributed by atoms with E-state index in [9.17, 15) is 19.5 Å². The molecule has 3 atom stereocenters. The minimum atomic E-state index is -0.891. The normalized spacial score (nSPS) is 23.5. The number of nitrogens with zero attached hydrogens (tertiary/aromatic N) is 3. The van der Waals surface area contributed by atoms with Crippen LogP contribution in [0.4, 0.5) is 0 Å². The van der Waals surface area contributed by atoms with E-state index in [1.807, 2.05) is 28.0 Å². The molecular formula is C27H40N4O6. The Bertz CT molecular complexity index is 972. The number of carbonyl (C=O) groups is 3. The maximum Gasteiger partial charge on any atom is 0.308 e. The van der Waals surface area contributed by atoms with Crippen molar-refractivity contribution in [3.63, 3.8) is 0 Å². The van der Waals surface area contributed by atoms with Gasteiger partial charge in [0, 0.05) is 57.6 Å². The van der Waals surface area contributed by atoms with Gasteiger partial charge in [0.25, 0.3) is 0 Å². The molecule has 0 aliphatic carbocycles. The van der Waals surface area contributed by atoms with Gasteiger partial charge in [-0.3, -0.25) is 19.3 Å². The summed E-state index contributed by atoms with van der Waals surface area (Å²) in [7, 11) is 0. The third-order valence-electron chi connectivity index (χ3n) is 7.85. The highest BCUT2D eigenvalue weighted by Crippen LogP contribution is 2.42. The number of hydrogen-bond acceptors (Lipinski definition) is 7. The van der Waals surface area contributed by atoms with Crippen molar-refractivity contribution in [3.8, 4) is 11.5 Å². The topological polar surface area (TPSA) is 126 Å². The van der Waals surface area contributed by atoms with Crippen LogP contribution in [0.15, 0.2) is 18.2 Å². The molecular weight excluding hydrogens is 476 g/mol. The predicted molar refractivity (Wildman–Crippen MR) is 137 cm³/mol. The Balaban J connectivity index is 1.57. The van der Waals surface area contributed by atoms with Gasteiger partial charge in [-0.25, -0.2) is 0 Å². The van der Waals surface area contributed by atoms with Crippen molar-refractivity contribution in [2.24, 2.45) is 11.7 Å². The van der Waals surface area contributed by atoms with Crippen molar-refractivity contribution >= 4 is 17.8 Å². The molecule has 3 heterocycles. The van der Waals surface area contributed by atoms with Gasteiger partial charge < -0.3 is 30.1 Å².